The van der Waals surface area contributed by atoms with Gasteiger partial charge in [-0.15, -0.1) is 0 Å². The normalized spacial score (nSPS) is 12.4. The number of hydrogen-bond acceptors (Lipinski definition) is 0. The molecule has 1 unspecified atom stereocenters. The van der Waals surface area contributed by atoms with Crippen LogP contribution in [0.5, 0.6) is 0 Å². The lowest BCUT2D eigenvalue weighted by atomic mass is 10.1. The van der Waals surface area contributed by atoms with Gasteiger partial charge in [-0.05, 0) is 12.5 Å². The summed E-state index contributed by atoms with van der Waals surface area (Å²) in [6.45, 7) is 6.03. The third-order valence-electron chi connectivity index (χ3n) is 1.98. The zero-order valence-electron chi connectivity index (χ0n) is 7.61. The van der Waals surface area contributed by atoms with Crippen LogP contribution < -0.4 is 4.57 Å². The number of allylic oxidation sites excluding steroid dienone is 1. The van der Waals surface area contributed by atoms with Crippen molar-refractivity contribution >= 4 is 0 Å². The van der Waals surface area contributed by atoms with Gasteiger partial charge in [0, 0.05) is 18.6 Å². The summed E-state index contributed by atoms with van der Waals surface area (Å²) in [4.78, 5) is 0. The SMILES string of the molecule is C=CC(CCC)[n+]1ccccc1. The highest BCUT2D eigenvalue weighted by Crippen LogP contribution is 2.05. The zero-order chi connectivity index (χ0) is 8.81. The van der Waals surface area contributed by atoms with E-state index in [0.717, 1.165) is 6.42 Å². The van der Waals surface area contributed by atoms with E-state index in [1.165, 1.54) is 6.42 Å². The van der Waals surface area contributed by atoms with Gasteiger partial charge >= 0.3 is 0 Å². The number of pyridine rings is 1. The number of nitrogens with zero attached hydrogens (tertiary/aromatic N) is 1. The Hall–Kier alpha value is -1.11. The third-order valence-corrected chi connectivity index (χ3v) is 1.98. The van der Waals surface area contributed by atoms with Gasteiger partial charge in [0.2, 0.25) is 0 Å². The van der Waals surface area contributed by atoms with Crippen molar-refractivity contribution < 1.29 is 4.57 Å². The van der Waals surface area contributed by atoms with Crippen molar-refractivity contribution in [2.45, 2.75) is 25.8 Å². The summed E-state index contributed by atoms with van der Waals surface area (Å²) in [6, 6.07) is 6.58. The van der Waals surface area contributed by atoms with Crippen LogP contribution in [-0.4, -0.2) is 0 Å². The van der Waals surface area contributed by atoms with Gasteiger partial charge in [-0.1, -0.05) is 19.6 Å². The summed E-state index contributed by atoms with van der Waals surface area (Å²) in [7, 11) is 0. The first-order chi connectivity index (χ1) is 5.88. The molecule has 0 aliphatic heterocycles. The van der Waals surface area contributed by atoms with Gasteiger partial charge in [-0.3, -0.25) is 0 Å². The van der Waals surface area contributed by atoms with Crippen molar-refractivity contribution in [2.75, 3.05) is 0 Å². The summed E-state index contributed by atoms with van der Waals surface area (Å²) < 4.78 is 2.19. The quantitative estimate of drug-likeness (QED) is 0.473. The maximum absolute atomic E-state index is 3.84. The zero-order valence-corrected chi connectivity index (χ0v) is 7.61. The Balaban J connectivity index is 2.73. The Labute approximate surface area is 74.4 Å². The lowest BCUT2D eigenvalue weighted by Crippen LogP contribution is -2.37. The average molecular weight is 162 g/mol. The van der Waals surface area contributed by atoms with Gasteiger partial charge in [0.05, 0.1) is 0 Å². The standard InChI is InChI=1S/C11H16N/c1-3-8-11(4-2)12-9-6-5-7-10-12/h4-7,9-11H,2-3,8H2,1H3/q+1. The van der Waals surface area contributed by atoms with Crippen LogP contribution in [0.3, 0.4) is 0 Å². The number of hydrogen-bond donors (Lipinski definition) is 0. The van der Waals surface area contributed by atoms with Crippen molar-refractivity contribution in [3.63, 3.8) is 0 Å². The van der Waals surface area contributed by atoms with Crippen LogP contribution in [0.2, 0.25) is 0 Å². The third kappa shape index (κ3) is 2.19. The molecule has 1 atom stereocenters. The van der Waals surface area contributed by atoms with E-state index in [4.69, 9.17) is 0 Å². The molecule has 64 valence electrons. The predicted molar refractivity (Wildman–Crippen MR) is 50.8 cm³/mol. The summed E-state index contributed by atoms with van der Waals surface area (Å²) in [5.74, 6) is 0. The maximum atomic E-state index is 3.84. The Bertz CT molecular complexity index is 228. The highest BCUT2D eigenvalue weighted by molar-refractivity contribution is 4.85. The second kappa shape index (κ2) is 4.70. The molecule has 0 aromatic carbocycles. The smallest absolute Gasteiger partial charge is 0.176 e. The molecule has 12 heavy (non-hydrogen) atoms. The fourth-order valence-corrected chi connectivity index (χ4v) is 1.32. The second-order valence-corrected chi connectivity index (χ2v) is 2.91. The van der Waals surface area contributed by atoms with Crippen LogP contribution in [0.4, 0.5) is 0 Å². The molecular weight excluding hydrogens is 146 g/mol. The summed E-state index contributed by atoms with van der Waals surface area (Å²) in [6.07, 6.45) is 8.53. The molecule has 1 heteroatoms. The fourth-order valence-electron chi connectivity index (χ4n) is 1.32. The topological polar surface area (TPSA) is 3.88 Å². The molecule has 0 N–H and O–H groups in total. The van der Waals surface area contributed by atoms with Crippen LogP contribution in [0.25, 0.3) is 0 Å². The summed E-state index contributed by atoms with van der Waals surface area (Å²) >= 11 is 0. The lowest BCUT2D eigenvalue weighted by Gasteiger charge is -2.04. The van der Waals surface area contributed by atoms with E-state index in [9.17, 15) is 0 Å². The molecule has 1 rings (SSSR count). The van der Waals surface area contributed by atoms with E-state index in [1.807, 2.05) is 24.3 Å². The van der Waals surface area contributed by atoms with E-state index in [2.05, 4.69) is 30.5 Å². The van der Waals surface area contributed by atoms with E-state index in [0.29, 0.717) is 6.04 Å². The maximum Gasteiger partial charge on any atom is 0.176 e. The summed E-state index contributed by atoms with van der Waals surface area (Å²) in [5.41, 5.74) is 0. The largest absolute Gasteiger partial charge is 0.199 e. The Morgan fingerprint density at radius 3 is 2.50 bits per heavy atom. The van der Waals surface area contributed by atoms with Crippen molar-refractivity contribution in [1.29, 1.82) is 0 Å². The van der Waals surface area contributed by atoms with Crippen LogP contribution >= 0.6 is 0 Å². The van der Waals surface area contributed by atoms with Crippen molar-refractivity contribution in [1.82, 2.24) is 0 Å². The minimum Gasteiger partial charge on any atom is -0.199 e. The first-order valence-corrected chi connectivity index (χ1v) is 4.46. The molecule has 0 amide bonds. The Morgan fingerprint density at radius 2 is 2.00 bits per heavy atom. The van der Waals surface area contributed by atoms with Crippen molar-refractivity contribution in [3.8, 4) is 0 Å². The van der Waals surface area contributed by atoms with Crippen LogP contribution in [0.15, 0.2) is 43.2 Å². The highest BCUT2D eigenvalue weighted by Gasteiger charge is 2.10. The van der Waals surface area contributed by atoms with Gasteiger partial charge < -0.3 is 0 Å². The molecule has 0 saturated carbocycles. The van der Waals surface area contributed by atoms with E-state index >= 15 is 0 Å². The Kier molecular flexibility index (Phi) is 3.52. The van der Waals surface area contributed by atoms with Gasteiger partial charge in [-0.25, -0.2) is 0 Å². The molecule has 1 aromatic heterocycles. The highest BCUT2D eigenvalue weighted by atomic mass is 15.0. The molecule has 0 spiro atoms. The van der Waals surface area contributed by atoms with Crippen LogP contribution in [0.1, 0.15) is 25.8 Å². The van der Waals surface area contributed by atoms with E-state index < -0.39 is 0 Å². The summed E-state index contributed by atoms with van der Waals surface area (Å²) in [5, 5.41) is 0. The monoisotopic (exact) mass is 162 g/mol. The first kappa shape index (κ1) is 8.98. The average Bonchev–Trinajstić information content (AvgIpc) is 2.15. The Morgan fingerprint density at radius 1 is 1.33 bits per heavy atom. The minimum atomic E-state index is 0.455. The predicted octanol–water partition coefficient (Wildman–Crippen LogP) is 2.50. The number of aromatic nitrogens is 1. The van der Waals surface area contributed by atoms with Crippen LogP contribution in [-0.2, 0) is 0 Å². The molecule has 0 aliphatic carbocycles. The molecule has 1 heterocycles. The molecular formula is C11H16N+. The van der Waals surface area contributed by atoms with E-state index in [1.54, 1.807) is 0 Å². The molecule has 0 radical (unpaired) electrons. The number of rotatable bonds is 4. The molecule has 1 aromatic rings. The lowest BCUT2D eigenvalue weighted by molar-refractivity contribution is -0.713. The minimum absolute atomic E-state index is 0.455. The van der Waals surface area contributed by atoms with Gasteiger partial charge in [-0.2, -0.15) is 4.57 Å². The van der Waals surface area contributed by atoms with Crippen molar-refractivity contribution in [3.05, 3.63) is 43.2 Å². The molecule has 0 bridgehead atoms. The van der Waals surface area contributed by atoms with Crippen molar-refractivity contribution in [2.24, 2.45) is 0 Å². The molecule has 0 saturated heterocycles. The fraction of sp³-hybridized carbons (Fsp3) is 0.364. The van der Waals surface area contributed by atoms with Crippen LogP contribution in [0, 0.1) is 0 Å². The molecule has 1 nitrogen and oxygen atoms in total. The van der Waals surface area contributed by atoms with Gasteiger partial charge in [0.15, 0.2) is 18.4 Å². The first-order valence-electron chi connectivity index (χ1n) is 4.46. The second-order valence-electron chi connectivity index (χ2n) is 2.91. The molecule has 0 fully saturated rings. The van der Waals surface area contributed by atoms with Gasteiger partial charge in [0.1, 0.15) is 0 Å². The molecule has 0 aliphatic rings. The van der Waals surface area contributed by atoms with Gasteiger partial charge in [0.25, 0.3) is 0 Å². The van der Waals surface area contributed by atoms with E-state index in [-0.39, 0.29) is 0 Å².